The van der Waals surface area contributed by atoms with Gasteiger partial charge in [-0.15, -0.1) is 0 Å². The molecule has 0 aliphatic carbocycles. The van der Waals surface area contributed by atoms with Gasteiger partial charge in [-0.25, -0.2) is 0 Å². The Balaban J connectivity index is 3.22. The van der Waals surface area contributed by atoms with Crippen molar-refractivity contribution in [3.05, 3.63) is 27.7 Å². The van der Waals surface area contributed by atoms with Crippen LogP contribution in [0, 0.1) is 0 Å². The van der Waals surface area contributed by atoms with Crippen molar-refractivity contribution in [2.75, 3.05) is 7.11 Å². The third-order valence-corrected chi connectivity index (χ3v) is 3.64. The molecule has 17 heavy (non-hydrogen) atoms. The molecular formula is C14H19BrO2. The number of aldehydes is 1. The van der Waals surface area contributed by atoms with E-state index in [0.717, 1.165) is 22.1 Å². The van der Waals surface area contributed by atoms with E-state index in [-0.39, 0.29) is 5.92 Å². The van der Waals surface area contributed by atoms with Crippen LogP contribution >= 0.6 is 15.9 Å². The first-order valence-electron chi connectivity index (χ1n) is 5.82. The Morgan fingerprint density at radius 1 is 1.29 bits per heavy atom. The van der Waals surface area contributed by atoms with Gasteiger partial charge in [-0.2, -0.15) is 0 Å². The molecule has 1 atom stereocenters. The van der Waals surface area contributed by atoms with Crippen LogP contribution in [0.15, 0.2) is 16.6 Å². The molecule has 0 heterocycles. The Morgan fingerprint density at radius 3 is 2.41 bits per heavy atom. The first-order chi connectivity index (χ1) is 8.01. The van der Waals surface area contributed by atoms with Crippen molar-refractivity contribution in [2.24, 2.45) is 0 Å². The Kier molecular flexibility index (Phi) is 5.19. The number of ether oxygens (including phenoxy) is 1. The average molecular weight is 299 g/mol. The van der Waals surface area contributed by atoms with E-state index in [1.807, 2.05) is 6.92 Å². The summed E-state index contributed by atoms with van der Waals surface area (Å²) in [5.41, 5.74) is 2.31. The Bertz CT molecular complexity index is 399. The first-order valence-corrected chi connectivity index (χ1v) is 6.61. The highest BCUT2D eigenvalue weighted by molar-refractivity contribution is 9.10. The van der Waals surface area contributed by atoms with Crippen LogP contribution in [0.4, 0.5) is 0 Å². The van der Waals surface area contributed by atoms with E-state index < -0.39 is 0 Å². The van der Waals surface area contributed by atoms with Crippen molar-refractivity contribution in [1.29, 1.82) is 0 Å². The van der Waals surface area contributed by atoms with Crippen molar-refractivity contribution in [1.82, 2.24) is 0 Å². The molecule has 0 saturated heterocycles. The predicted octanol–water partition coefficient (Wildman–Crippen LogP) is 4.27. The second kappa shape index (κ2) is 6.20. The molecule has 1 unspecified atom stereocenters. The first kappa shape index (κ1) is 14.2. The summed E-state index contributed by atoms with van der Waals surface area (Å²) in [5.74, 6) is 1.49. The molecule has 0 aromatic heterocycles. The van der Waals surface area contributed by atoms with Crippen LogP contribution in [-0.4, -0.2) is 13.4 Å². The molecule has 0 spiro atoms. The number of rotatable bonds is 5. The van der Waals surface area contributed by atoms with E-state index >= 15 is 0 Å². The smallest absolute Gasteiger partial charge is 0.122 e. The second-order valence-corrected chi connectivity index (χ2v) is 5.43. The van der Waals surface area contributed by atoms with Crippen molar-refractivity contribution in [3.63, 3.8) is 0 Å². The van der Waals surface area contributed by atoms with Gasteiger partial charge in [0, 0.05) is 10.9 Å². The second-order valence-electron chi connectivity index (χ2n) is 4.57. The number of halogens is 1. The normalized spacial score (nSPS) is 12.6. The van der Waals surface area contributed by atoms with Crippen molar-refractivity contribution < 1.29 is 9.53 Å². The molecule has 1 rings (SSSR count). The number of carbonyl (C=O) groups excluding carboxylic acids is 1. The van der Waals surface area contributed by atoms with Gasteiger partial charge in [0.15, 0.2) is 0 Å². The summed E-state index contributed by atoms with van der Waals surface area (Å²) < 4.78 is 6.51. The van der Waals surface area contributed by atoms with Gasteiger partial charge in [0.25, 0.3) is 0 Å². The van der Waals surface area contributed by atoms with E-state index in [2.05, 4.69) is 41.9 Å². The fourth-order valence-electron chi connectivity index (χ4n) is 1.86. The summed E-state index contributed by atoms with van der Waals surface area (Å²) >= 11 is 3.59. The van der Waals surface area contributed by atoms with Gasteiger partial charge in [0.05, 0.1) is 7.11 Å². The lowest BCUT2D eigenvalue weighted by molar-refractivity contribution is -0.108. The van der Waals surface area contributed by atoms with Crippen LogP contribution in [0.2, 0.25) is 0 Å². The molecule has 94 valence electrons. The lowest BCUT2D eigenvalue weighted by Crippen LogP contribution is -2.01. The summed E-state index contributed by atoms with van der Waals surface area (Å²) in [7, 11) is 1.67. The SMILES string of the molecule is COc1cc(C(C)C)c(Br)cc1C(C)CC=O. The minimum absolute atomic E-state index is 0.181. The number of hydrogen-bond acceptors (Lipinski definition) is 2. The van der Waals surface area contributed by atoms with Crippen LogP contribution in [0.5, 0.6) is 5.75 Å². The zero-order chi connectivity index (χ0) is 13.0. The van der Waals surface area contributed by atoms with Gasteiger partial charge in [-0.1, -0.05) is 36.7 Å². The maximum absolute atomic E-state index is 10.6. The fourth-order valence-corrected chi connectivity index (χ4v) is 2.68. The molecule has 0 N–H and O–H groups in total. The highest BCUT2D eigenvalue weighted by Crippen LogP contribution is 2.36. The predicted molar refractivity (Wildman–Crippen MR) is 73.9 cm³/mol. The van der Waals surface area contributed by atoms with Crippen molar-refractivity contribution in [2.45, 2.75) is 39.0 Å². The Morgan fingerprint density at radius 2 is 1.94 bits per heavy atom. The number of hydrogen-bond donors (Lipinski definition) is 0. The highest BCUT2D eigenvalue weighted by Gasteiger charge is 2.15. The lowest BCUT2D eigenvalue weighted by atomic mass is 9.93. The zero-order valence-corrected chi connectivity index (χ0v) is 12.4. The van der Waals surface area contributed by atoms with Gasteiger partial charge >= 0.3 is 0 Å². The molecule has 0 aliphatic heterocycles. The summed E-state index contributed by atoms with van der Waals surface area (Å²) in [6.45, 7) is 6.33. The summed E-state index contributed by atoms with van der Waals surface area (Å²) in [4.78, 5) is 10.6. The van der Waals surface area contributed by atoms with E-state index in [1.165, 1.54) is 5.56 Å². The minimum atomic E-state index is 0.181. The van der Waals surface area contributed by atoms with Crippen LogP contribution in [-0.2, 0) is 4.79 Å². The zero-order valence-electron chi connectivity index (χ0n) is 10.8. The number of carbonyl (C=O) groups is 1. The molecule has 0 bridgehead atoms. The van der Waals surface area contributed by atoms with Gasteiger partial charge < -0.3 is 9.53 Å². The van der Waals surface area contributed by atoms with Crippen molar-refractivity contribution >= 4 is 22.2 Å². The lowest BCUT2D eigenvalue weighted by Gasteiger charge is -2.18. The molecule has 3 heteroatoms. The fraction of sp³-hybridized carbons (Fsp3) is 0.500. The van der Waals surface area contributed by atoms with Gasteiger partial charge in [-0.05, 0) is 35.1 Å². The molecular weight excluding hydrogens is 280 g/mol. The summed E-state index contributed by atoms with van der Waals surface area (Å²) in [6.07, 6.45) is 1.47. The van der Waals surface area contributed by atoms with Crippen molar-refractivity contribution in [3.8, 4) is 5.75 Å². The summed E-state index contributed by atoms with van der Waals surface area (Å²) in [6, 6.07) is 4.13. The topological polar surface area (TPSA) is 26.3 Å². The molecule has 0 saturated carbocycles. The minimum Gasteiger partial charge on any atom is -0.496 e. The van der Waals surface area contributed by atoms with Crippen LogP contribution in [0.25, 0.3) is 0 Å². The number of methoxy groups -OCH3 is 1. The quantitative estimate of drug-likeness (QED) is 0.759. The molecule has 1 aromatic carbocycles. The van der Waals surface area contributed by atoms with Gasteiger partial charge in [0.2, 0.25) is 0 Å². The van der Waals surface area contributed by atoms with Gasteiger partial charge in [-0.3, -0.25) is 0 Å². The van der Waals surface area contributed by atoms with Crippen LogP contribution in [0.1, 0.15) is 50.2 Å². The maximum atomic E-state index is 10.6. The van der Waals surface area contributed by atoms with E-state index in [9.17, 15) is 4.79 Å². The molecule has 0 aliphatic rings. The van der Waals surface area contributed by atoms with E-state index in [1.54, 1.807) is 7.11 Å². The van der Waals surface area contributed by atoms with Gasteiger partial charge in [0.1, 0.15) is 12.0 Å². The molecule has 0 amide bonds. The largest absolute Gasteiger partial charge is 0.496 e. The maximum Gasteiger partial charge on any atom is 0.122 e. The monoisotopic (exact) mass is 298 g/mol. The Labute approximate surface area is 111 Å². The van der Waals surface area contributed by atoms with Crippen LogP contribution < -0.4 is 4.74 Å². The molecule has 2 nitrogen and oxygen atoms in total. The average Bonchev–Trinajstić information content (AvgIpc) is 2.28. The third-order valence-electron chi connectivity index (χ3n) is 2.95. The highest BCUT2D eigenvalue weighted by atomic mass is 79.9. The third kappa shape index (κ3) is 3.32. The molecule has 0 fully saturated rings. The molecule has 1 aromatic rings. The van der Waals surface area contributed by atoms with Crippen LogP contribution in [0.3, 0.4) is 0 Å². The Hall–Kier alpha value is -0.830. The van der Waals surface area contributed by atoms with E-state index in [0.29, 0.717) is 12.3 Å². The molecule has 0 radical (unpaired) electrons. The summed E-state index contributed by atoms with van der Waals surface area (Å²) in [5, 5.41) is 0. The van der Waals surface area contributed by atoms with E-state index in [4.69, 9.17) is 4.74 Å². The number of benzene rings is 1. The standard InChI is InChI=1S/C14H19BrO2/c1-9(2)11-8-14(17-4)12(7-13(11)15)10(3)5-6-16/h6-10H,5H2,1-4H3.